The van der Waals surface area contributed by atoms with Gasteiger partial charge in [0.2, 0.25) is 0 Å². The number of anilines is 1. The van der Waals surface area contributed by atoms with Gasteiger partial charge in [-0.15, -0.1) is 0 Å². The Morgan fingerprint density at radius 2 is 1.74 bits per heavy atom. The number of pyridine rings is 1. The molecule has 1 N–H and O–H groups in total. The van der Waals surface area contributed by atoms with Crippen LogP contribution in [0.4, 0.5) is 10.6 Å². The number of phenols is 1. The first-order chi connectivity index (χ1) is 16.3. The highest BCUT2D eigenvalue weighted by atomic mass is 16.6. The summed E-state index contributed by atoms with van der Waals surface area (Å²) < 4.78 is 5.50. The number of rotatable bonds is 2. The number of amides is 1. The van der Waals surface area contributed by atoms with E-state index in [0.29, 0.717) is 26.2 Å². The van der Waals surface area contributed by atoms with Crippen molar-refractivity contribution in [2.45, 2.75) is 26.4 Å². The molecule has 8 heteroatoms. The summed E-state index contributed by atoms with van der Waals surface area (Å²) in [6.45, 7) is 8.01. The first kappa shape index (κ1) is 21.9. The fourth-order valence-corrected chi connectivity index (χ4v) is 4.27. The molecule has 2 aromatic carbocycles. The van der Waals surface area contributed by atoms with Gasteiger partial charge in [0, 0.05) is 37.9 Å². The highest BCUT2D eigenvalue weighted by molar-refractivity contribution is 5.99. The van der Waals surface area contributed by atoms with Crippen molar-refractivity contribution in [1.82, 2.24) is 19.9 Å². The number of carbonyl (C=O) groups is 1. The van der Waals surface area contributed by atoms with E-state index < -0.39 is 5.60 Å². The van der Waals surface area contributed by atoms with Crippen molar-refractivity contribution in [2.24, 2.45) is 0 Å². The molecule has 174 valence electrons. The van der Waals surface area contributed by atoms with Gasteiger partial charge in [0.15, 0.2) is 0 Å². The molecule has 0 atom stereocenters. The number of carbonyl (C=O) groups excluding carboxylic acids is 1. The highest BCUT2D eigenvalue weighted by Gasteiger charge is 2.27. The van der Waals surface area contributed by atoms with Gasteiger partial charge in [-0.2, -0.15) is 0 Å². The van der Waals surface area contributed by atoms with E-state index in [1.165, 1.54) is 0 Å². The average molecular weight is 458 g/mol. The van der Waals surface area contributed by atoms with E-state index in [1.807, 2.05) is 51.1 Å². The Labute approximate surface area is 197 Å². The van der Waals surface area contributed by atoms with Crippen LogP contribution in [0, 0.1) is 0 Å². The molecule has 0 unspecified atom stereocenters. The maximum absolute atomic E-state index is 12.4. The van der Waals surface area contributed by atoms with Gasteiger partial charge in [-0.3, -0.25) is 4.98 Å². The lowest BCUT2D eigenvalue weighted by molar-refractivity contribution is 0.0240. The number of aromatic nitrogens is 3. The number of nitrogens with zero attached hydrogens (tertiary/aromatic N) is 5. The molecule has 5 rings (SSSR count). The molecule has 0 saturated carbocycles. The van der Waals surface area contributed by atoms with Crippen LogP contribution in [0.25, 0.3) is 32.9 Å². The number of hydrogen-bond acceptors (Lipinski definition) is 7. The lowest BCUT2D eigenvalue weighted by Gasteiger charge is -2.36. The number of piperazine rings is 1. The lowest BCUT2D eigenvalue weighted by atomic mass is 10.0. The van der Waals surface area contributed by atoms with Crippen LogP contribution in [0.3, 0.4) is 0 Å². The Morgan fingerprint density at radius 3 is 2.50 bits per heavy atom. The third-order valence-corrected chi connectivity index (χ3v) is 5.85. The normalized spacial score (nSPS) is 14.6. The zero-order chi connectivity index (χ0) is 23.9. The van der Waals surface area contributed by atoms with Gasteiger partial charge >= 0.3 is 6.09 Å². The summed E-state index contributed by atoms with van der Waals surface area (Å²) in [5, 5.41) is 13.0. The van der Waals surface area contributed by atoms with Crippen LogP contribution in [0.5, 0.6) is 5.75 Å². The highest BCUT2D eigenvalue weighted by Crippen LogP contribution is 2.33. The third kappa shape index (κ3) is 4.31. The molecule has 1 fully saturated rings. The number of hydrogen-bond donors (Lipinski definition) is 1. The van der Waals surface area contributed by atoms with E-state index in [-0.39, 0.29) is 11.8 Å². The molecule has 0 bridgehead atoms. The third-order valence-electron chi connectivity index (χ3n) is 5.85. The average Bonchev–Trinajstić information content (AvgIpc) is 2.82. The number of fused-ring (bicyclic) bond motifs is 2. The number of phenolic OH excluding ortho intramolecular Hbond substituents is 1. The van der Waals surface area contributed by atoms with E-state index in [2.05, 4.69) is 14.9 Å². The van der Waals surface area contributed by atoms with Crippen LogP contribution in [0.2, 0.25) is 0 Å². The predicted molar refractivity (Wildman–Crippen MR) is 132 cm³/mol. The van der Waals surface area contributed by atoms with E-state index in [1.54, 1.807) is 29.6 Å². The van der Waals surface area contributed by atoms with Crippen LogP contribution in [-0.4, -0.2) is 62.8 Å². The summed E-state index contributed by atoms with van der Waals surface area (Å²) in [5.74, 6) is 0.996. The van der Waals surface area contributed by atoms with Crippen molar-refractivity contribution in [3.63, 3.8) is 0 Å². The molecule has 8 nitrogen and oxygen atoms in total. The molecule has 34 heavy (non-hydrogen) atoms. The molecule has 1 saturated heterocycles. The van der Waals surface area contributed by atoms with Gasteiger partial charge in [0.25, 0.3) is 0 Å². The molecule has 2 aromatic heterocycles. The van der Waals surface area contributed by atoms with Gasteiger partial charge in [0.05, 0.1) is 16.6 Å². The first-order valence-electron chi connectivity index (χ1n) is 11.3. The summed E-state index contributed by atoms with van der Waals surface area (Å²) in [7, 11) is 0. The molecule has 0 aliphatic carbocycles. The Bertz CT molecular complexity index is 1370. The second-order valence-electron chi connectivity index (χ2n) is 9.45. The molecule has 0 spiro atoms. The van der Waals surface area contributed by atoms with E-state index in [0.717, 1.165) is 38.8 Å². The summed E-state index contributed by atoms with van der Waals surface area (Å²) in [5.41, 5.74) is 1.85. The smallest absolute Gasteiger partial charge is 0.410 e. The molecular weight excluding hydrogens is 430 g/mol. The summed E-state index contributed by atoms with van der Waals surface area (Å²) >= 11 is 0. The molecule has 1 aliphatic heterocycles. The fraction of sp³-hybridized carbons (Fsp3) is 0.308. The number of aromatic hydroxyl groups is 1. The SMILES string of the molecule is CC(C)(C)OC(=O)N1CCN(c2ncnc3cc(-c4cc(O)cc5ccccc45)ncc23)CC1. The van der Waals surface area contributed by atoms with Crippen molar-refractivity contribution in [3.05, 3.63) is 55.0 Å². The minimum Gasteiger partial charge on any atom is -0.508 e. The summed E-state index contributed by atoms with van der Waals surface area (Å²) in [4.78, 5) is 30.0. The lowest BCUT2D eigenvalue weighted by Crippen LogP contribution is -2.50. The Balaban J connectivity index is 1.42. The molecule has 1 aliphatic rings. The van der Waals surface area contributed by atoms with Gasteiger partial charge in [-0.05, 0) is 49.7 Å². The van der Waals surface area contributed by atoms with E-state index >= 15 is 0 Å². The maximum Gasteiger partial charge on any atom is 0.410 e. The minimum absolute atomic E-state index is 0.196. The Morgan fingerprint density at radius 1 is 0.971 bits per heavy atom. The largest absolute Gasteiger partial charge is 0.508 e. The van der Waals surface area contributed by atoms with Crippen molar-refractivity contribution in [3.8, 4) is 17.0 Å². The van der Waals surface area contributed by atoms with E-state index in [9.17, 15) is 9.90 Å². The summed E-state index contributed by atoms with van der Waals surface area (Å²) in [6.07, 6.45) is 3.06. The standard InChI is InChI=1S/C26H27N5O3/c1-26(2,3)34-25(33)31-10-8-30(9-11-31)24-21-15-27-22(14-23(21)28-16-29-24)20-13-18(32)12-17-6-4-5-7-19(17)20/h4-7,12-16,32H,8-11H2,1-3H3. The zero-order valence-corrected chi connectivity index (χ0v) is 19.5. The van der Waals surface area contributed by atoms with Crippen LogP contribution >= 0.6 is 0 Å². The van der Waals surface area contributed by atoms with Crippen molar-refractivity contribution >= 4 is 33.6 Å². The van der Waals surface area contributed by atoms with Gasteiger partial charge in [0.1, 0.15) is 23.5 Å². The zero-order valence-electron chi connectivity index (χ0n) is 19.5. The van der Waals surface area contributed by atoms with Crippen LogP contribution in [-0.2, 0) is 4.74 Å². The van der Waals surface area contributed by atoms with Gasteiger partial charge < -0.3 is 19.6 Å². The van der Waals surface area contributed by atoms with Crippen LogP contribution in [0.15, 0.2) is 55.0 Å². The van der Waals surface area contributed by atoms with Gasteiger partial charge in [-0.25, -0.2) is 14.8 Å². The molecule has 0 radical (unpaired) electrons. The topological polar surface area (TPSA) is 91.7 Å². The maximum atomic E-state index is 12.4. The summed E-state index contributed by atoms with van der Waals surface area (Å²) in [6, 6.07) is 13.3. The Kier molecular flexibility index (Phi) is 5.43. The first-order valence-corrected chi connectivity index (χ1v) is 11.3. The minimum atomic E-state index is -0.513. The number of ether oxygens (including phenoxy) is 1. The molecule has 1 amide bonds. The van der Waals surface area contributed by atoms with Crippen LogP contribution in [0.1, 0.15) is 20.8 Å². The van der Waals surface area contributed by atoms with Gasteiger partial charge in [-0.1, -0.05) is 24.3 Å². The second kappa shape index (κ2) is 8.44. The quantitative estimate of drug-likeness (QED) is 0.470. The number of benzene rings is 2. The van der Waals surface area contributed by atoms with Crippen LogP contribution < -0.4 is 4.90 Å². The van der Waals surface area contributed by atoms with Crippen molar-refractivity contribution < 1.29 is 14.6 Å². The van der Waals surface area contributed by atoms with Crippen molar-refractivity contribution in [1.29, 1.82) is 0 Å². The monoisotopic (exact) mass is 457 g/mol. The second-order valence-corrected chi connectivity index (χ2v) is 9.45. The fourth-order valence-electron chi connectivity index (χ4n) is 4.27. The predicted octanol–water partition coefficient (Wildman–Crippen LogP) is 4.61. The molecule has 4 aromatic rings. The Hall–Kier alpha value is -3.94. The molecule has 3 heterocycles. The van der Waals surface area contributed by atoms with E-state index in [4.69, 9.17) is 9.72 Å². The molecular formula is C26H27N5O3. The van der Waals surface area contributed by atoms with Crippen molar-refractivity contribution in [2.75, 3.05) is 31.1 Å².